The molecule has 2 aromatic carbocycles. The van der Waals surface area contributed by atoms with Crippen LogP contribution in [0.2, 0.25) is 0 Å². The third-order valence-corrected chi connectivity index (χ3v) is 3.88. The largest absolute Gasteiger partial charge is 0.496 e. The number of nitro groups is 1. The number of hydrogen-bond donors (Lipinski definition) is 1. The molecular formula is C18H20N2O4. The fourth-order valence-corrected chi connectivity index (χ4v) is 2.52. The highest BCUT2D eigenvalue weighted by molar-refractivity contribution is 5.94. The van der Waals surface area contributed by atoms with E-state index in [4.69, 9.17) is 4.74 Å². The summed E-state index contributed by atoms with van der Waals surface area (Å²) in [6.45, 7) is 3.94. The quantitative estimate of drug-likeness (QED) is 0.646. The summed E-state index contributed by atoms with van der Waals surface area (Å²) in [7, 11) is 1.62. The summed E-state index contributed by atoms with van der Waals surface area (Å²) >= 11 is 0. The Kier molecular flexibility index (Phi) is 5.52. The van der Waals surface area contributed by atoms with Gasteiger partial charge in [-0.15, -0.1) is 0 Å². The minimum Gasteiger partial charge on any atom is -0.496 e. The average molecular weight is 328 g/mol. The molecule has 0 aliphatic carbocycles. The summed E-state index contributed by atoms with van der Waals surface area (Å²) in [5.74, 6) is 0.542. The van der Waals surface area contributed by atoms with Crippen LogP contribution in [-0.4, -0.2) is 17.9 Å². The summed E-state index contributed by atoms with van der Waals surface area (Å²) in [5, 5.41) is 13.6. The zero-order chi connectivity index (χ0) is 17.7. The number of hydrogen-bond acceptors (Lipinski definition) is 4. The Morgan fingerprint density at radius 1 is 1.25 bits per heavy atom. The van der Waals surface area contributed by atoms with Crippen molar-refractivity contribution in [3.05, 3.63) is 69.3 Å². The van der Waals surface area contributed by atoms with Crippen LogP contribution in [0.3, 0.4) is 0 Å². The van der Waals surface area contributed by atoms with Crippen LogP contribution in [0.4, 0.5) is 5.69 Å². The molecule has 6 heteroatoms. The van der Waals surface area contributed by atoms with E-state index in [9.17, 15) is 14.9 Å². The van der Waals surface area contributed by atoms with Gasteiger partial charge in [0, 0.05) is 17.7 Å². The number of nitrogens with one attached hydrogen (secondary N) is 1. The molecule has 1 atom stereocenters. The van der Waals surface area contributed by atoms with Gasteiger partial charge in [0.15, 0.2) is 0 Å². The van der Waals surface area contributed by atoms with E-state index in [2.05, 4.69) is 5.32 Å². The number of nitrogens with zero attached hydrogens (tertiary/aromatic N) is 1. The number of rotatable bonds is 6. The lowest BCUT2D eigenvalue weighted by Gasteiger charge is -2.19. The molecule has 6 nitrogen and oxygen atoms in total. The lowest BCUT2D eigenvalue weighted by atomic mass is 10.0. The van der Waals surface area contributed by atoms with Gasteiger partial charge in [0.1, 0.15) is 5.75 Å². The van der Waals surface area contributed by atoms with Gasteiger partial charge >= 0.3 is 0 Å². The van der Waals surface area contributed by atoms with Crippen LogP contribution in [0.15, 0.2) is 42.5 Å². The van der Waals surface area contributed by atoms with E-state index < -0.39 is 4.92 Å². The van der Waals surface area contributed by atoms with Crippen LogP contribution < -0.4 is 10.1 Å². The molecule has 0 saturated carbocycles. The molecule has 0 radical (unpaired) electrons. The van der Waals surface area contributed by atoms with Crippen LogP contribution in [0.5, 0.6) is 5.75 Å². The molecule has 1 amide bonds. The smallest absolute Gasteiger partial charge is 0.269 e. The lowest BCUT2D eigenvalue weighted by Crippen LogP contribution is -2.28. The van der Waals surface area contributed by atoms with Crippen LogP contribution in [0.1, 0.15) is 40.9 Å². The number of nitro benzene ring substituents is 1. The number of amides is 1. The van der Waals surface area contributed by atoms with Crippen molar-refractivity contribution >= 4 is 11.6 Å². The number of carbonyl (C=O) groups excluding carboxylic acids is 1. The van der Waals surface area contributed by atoms with Gasteiger partial charge in [-0.1, -0.05) is 19.1 Å². The lowest BCUT2D eigenvalue weighted by molar-refractivity contribution is -0.384. The van der Waals surface area contributed by atoms with Crippen molar-refractivity contribution in [2.45, 2.75) is 26.3 Å². The molecule has 126 valence electrons. The second-order valence-corrected chi connectivity index (χ2v) is 5.47. The van der Waals surface area contributed by atoms with Gasteiger partial charge < -0.3 is 10.1 Å². The van der Waals surface area contributed by atoms with Crippen molar-refractivity contribution < 1.29 is 14.5 Å². The first kappa shape index (κ1) is 17.5. The molecule has 0 heterocycles. The van der Waals surface area contributed by atoms with Gasteiger partial charge in [0.2, 0.25) is 0 Å². The summed E-state index contributed by atoms with van der Waals surface area (Å²) in [4.78, 5) is 22.6. The maximum absolute atomic E-state index is 12.4. The van der Waals surface area contributed by atoms with Gasteiger partial charge in [-0.25, -0.2) is 0 Å². The third kappa shape index (κ3) is 3.90. The molecule has 0 aliphatic heterocycles. The summed E-state index contributed by atoms with van der Waals surface area (Å²) < 4.78 is 5.25. The maximum atomic E-state index is 12.4. The van der Waals surface area contributed by atoms with Crippen molar-refractivity contribution in [1.82, 2.24) is 5.32 Å². The molecule has 0 saturated heterocycles. The Labute approximate surface area is 140 Å². The van der Waals surface area contributed by atoms with Crippen LogP contribution in [0.25, 0.3) is 0 Å². The van der Waals surface area contributed by atoms with E-state index in [1.165, 1.54) is 24.3 Å². The Morgan fingerprint density at radius 2 is 1.92 bits per heavy atom. The van der Waals surface area contributed by atoms with Crippen molar-refractivity contribution in [2.75, 3.05) is 7.11 Å². The zero-order valence-electron chi connectivity index (χ0n) is 13.9. The molecule has 0 bridgehead atoms. The van der Waals surface area contributed by atoms with E-state index >= 15 is 0 Å². The molecule has 2 aromatic rings. The van der Waals surface area contributed by atoms with E-state index in [1.54, 1.807) is 7.11 Å². The van der Waals surface area contributed by atoms with E-state index in [0.717, 1.165) is 23.3 Å². The van der Waals surface area contributed by atoms with Gasteiger partial charge in [0.25, 0.3) is 11.6 Å². The van der Waals surface area contributed by atoms with E-state index in [1.807, 2.05) is 32.0 Å². The predicted octanol–water partition coefficient (Wildman–Crippen LogP) is 3.79. The van der Waals surface area contributed by atoms with Crippen LogP contribution in [-0.2, 0) is 0 Å². The molecule has 0 aromatic heterocycles. The number of benzene rings is 2. The fraction of sp³-hybridized carbons (Fsp3) is 0.278. The Bertz CT molecular complexity index is 741. The molecule has 1 unspecified atom stereocenters. The van der Waals surface area contributed by atoms with Crippen molar-refractivity contribution in [3.63, 3.8) is 0 Å². The fourth-order valence-electron chi connectivity index (χ4n) is 2.52. The molecule has 2 rings (SSSR count). The van der Waals surface area contributed by atoms with Gasteiger partial charge in [0.05, 0.1) is 18.1 Å². The predicted molar refractivity (Wildman–Crippen MR) is 91.3 cm³/mol. The highest BCUT2D eigenvalue weighted by Gasteiger charge is 2.16. The van der Waals surface area contributed by atoms with Crippen molar-refractivity contribution in [1.29, 1.82) is 0 Å². The van der Waals surface area contributed by atoms with Crippen LogP contribution >= 0.6 is 0 Å². The Morgan fingerprint density at radius 3 is 2.42 bits per heavy atom. The number of carbonyl (C=O) groups is 1. The maximum Gasteiger partial charge on any atom is 0.269 e. The number of ether oxygens (including phenoxy) is 1. The second-order valence-electron chi connectivity index (χ2n) is 5.47. The topological polar surface area (TPSA) is 81.5 Å². The van der Waals surface area contributed by atoms with E-state index in [0.29, 0.717) is 5.56 Å². The zero-order valence-corrected chi connectivity index (χ0v) is 13.9. The molecule has 24 heavy (non-hydrogen) atoms. The Hall–Kier alpha value is -2.89. The van der Waals surface area contributed by atoms with Crippen molar-refractivity contribution in [3.8, 4) is 5.75 Å². The molecule has 0 fully saturated rings. The summed E-state index contributed by atoms with van der Waals surface area (Å²) in [6.07, 6.45) is 0.727. The number of non-ortho nitro benzene ring substituents is 1. The van der Waals surface area contributed by atoms with E-state index in [-0.39, 0.29) is 17.6 Å². The number of methoxy groups -OCH3 is 1. The SMILES string of the molecule is CCC(NC(=O)c1ccc([N+](=O)[O-])cc1)c1ccc(OC)c(C)c1. The highest BCUT2D eigenvalue weighted by Crippen LogP contribution is 2.24. The standard InChI is InChI=1S/C18H20N2O4/c1-4-16(14-7-10-17(24-3)12(2)11-14)19-18(21)13-5-8-15(9-6-13)20(22)23/h5-11,16H,4H2,1-3H3,(H,19,21). The third-order valence-electron chi connectivity index (χ3n) is 3.88. The van der Waals surface area contributed by atoms with Gasteiger partial charge in [-0.05, 0) is 42.7 Å². The molecule has 0 spiro atoms. The Balaban J connectivity index is 2.15. The van der Waals surface area contributed by atoms with Crippen molar-refractivity contribution in [2.24, 2.45) is 0 Å². The molecule has 0 aliphatic rings. The summed E-state index contributed by atoms with van der Waals surface area (Å²) in [6, 6.07) is 11.2. The normalized spacial score (nSPS) is 11.6. The first-order chi connectivity index (χ1) is 11.5. The molecule has 1 N–H and O–H groups in total. The first-order valence-corrected chi connectivity index (χ1v) is 7.66. The average Bonchev–Trinajstić information content (AvgIpc) is 2.59. The van der Waals surface area contributed by atoms with Crippen LogP contribution in [0, 0.1) is 17.0 Å². The summed E-state index contributed by atoms with van der Waals surface area (Å²) in [5.41, 5.74) is 2.35. The van der Waals surface area contributed by atoms with Gasteiger partial charge in [-0.3, -0.25) is 14.9 Å². The number of aryl methyl sites for hydroxylation is 1. The first-order valence-electron chi connectivity index (χ1n) is 7.66. The highest BCUT2D eigenvalue weighted by atomic mass is 16.6. The second kappa shape index (κ2) is 7.59. The minimum atomic E-state index is -0.489. The monoisotopic (exact) mass is 328 g/mol. The minimum absolute atomic E-state index is 0.0376. The molecular weight excluding hydrogens is 308 g/mol. The van der Waals surface area contributed by atoms with Gasteiger partial charge in [-0.2, -0.15) is 0 Å².